The van der Waals surface area contributed by atoms with Crippen molar-refractivity contribution >= 4 is 21.4 Å². The van der Waals surface area contributed by atoms with Crippen LogP contribution in [0, 0.1) is 11.3 Å². The van der Waals surface area contributed by atoms with E-state index in [1.165, 1.54) is 12.1 Å². The first-order valence-electron chi connectivity index (χ1n) is 7.77. The average Bonchev–Trinajstić information content (AvgIpc) is 2.53. The van der Waals surface area contributed by atoms with Gasteiger partial charge in [0, 0.05) is 5.02 Å². The third-order valence-electron chi connectivity index (χ3n) is 3.97. The van der Waals surface area contributed by atoms with E-state index < -0.39 is 9.84 Å². The van der Waals surface area contributed by atoms with Crippen LogP contribution in [-0.4, -0.2) is 8.42 Å². The van der Waals surface area contributed by atoms with Crippen molar-refractivity contribution in [3.63, 3.8) is 0 Å². The van der Waals surface area contributed by atoms with Gasteiger partial charge in [-0.3, -0.25) is 0 Å². The molecule has 0 unspecified atom stereocenters. The Labute approximate surface area is 148 Å². The van der Waals surface area contributed by atoms with Crippen molar-refractivity contribution in [1.29, 1.82) is 5.26 Å². The van der Waals surface area contributed by atoms with Gasteiger partial charge in [0.2, 0.25) is 9.84 Å². The summed E-state index contributed by atoms with van der Waals surface area (Å²) >= 11 is 6.25. The standard InChI is InChI=1S/C19H20ClNO2S/c1-12(2)14-5-7-16(8-6-14)24(22,23)17-9-15(11-21)19(13(3)4)18(20)10-17/h5-10,12-13H,1-4H3. The molecular weight excluding hydrogens is 342 g/mol. The molecule has 0 amide bonds. The van der Waals surface area contributed by atoms with Crippen molar-refractivity contribution in [1.82, 2.24) is 0 Å². The predicted octanol–water partition coefficient (Wildman–Crippen LogP) is 5.29. The summed E-state index contributed by atoms with van der Waals surface area (Å²) < 4.78 is 25.7. The Morgan fingerprint density at radius 2 is 1.54 bits per heavy atom. The van der Waals surface area contributed by atoms with Crippen LogP contribution in [0.15, 0.2) is 46.2 Å². The van der Waals surface area contributed by atoms with Gasteiger partial charge in [0.25, 0.3) is 0 Å². The number of benzene rings is 2. The minimum absolute atomic E-state index is 0.0363. The lowest BCUT2D eigenvalue weighted by Gasteiger charge is -2.13. The maximum atomic E-state index is 12.8. The van der Waals surface area contributed by atoms with Crippen LogP contribution in [0.5, 0.6) is 0 Å². The van der Waals surface area contributed by atoms with Gasteiger partial charge in [-0.2, -0.15) is 5.26 Å². The Bertz CT molecular complexity index is 892. The number of hydrogen-bond donors (Lipinski definition) is 0. The molecule has 0 spiro atoms. The number of rotatable bonds is 4. The summed E-state index contributed by atoms with van der Waals surface area (Å²) in [7, 11) is -3.71. The van der Waals surface area contributed by atoms with Gasteiger partial charge in [-0.15, -0.1) is 0 Å². The topological polar surface area (TPSA) is 57.9 Å². The maximum Gasteiger partial charge on any atom is 0.206 e. The summed E-state index contributed by atoms with van der Waals surface area (Å²) in [5.41, 5.74) is 2.04. The van der Waals surface area contributed by atoms with Crippen LogP contribution in [0.1, 0.15) is 56.2 Å². The first kappa shape index (κ1) is 18.5. The van der Waals surface area contributed by atoms with Crippen LogP contribution in [0.25, 0.3) is 0 Å². The van der Waals surface area contributed by atoms with Gasteiger partial charge < -0.3 is 0 Å². The van der Waals surface area contributed by atoms with Crippen molar-refractivity contribution in [2.45, 2.75) is 49.3 Å². The Hall–Kier alpha value is -1.83. The molecule has 0 aromatic heterocycles. The van der Waals surface area contributed by atoms with Crippen LogP contribution in [0.4, 0.5) is 0 Å². The second-order valence-corrected chi connectivity index (χ2v) is 8.72. The zero-order valence-electron chi connectivity index (χ0n) is 14.2. The summed E-state index contributed by atoms with van der Waals surface area (Å²) in [5.74, 6) is 0.362. The van der Waals surface area contributed by atoms with Crippen molar-refractivity contribution in [3.05, 3.63) is 58.1 Å². The Kier molecular flexibility index (Phi) is 5.37. The molecule has 0 N–H and O–H groups in total. The van der Waals surface area contributed by atoms with E-state index in [1.807, 2.05) is 39.8 Å². The largest absolute Gasteiger partial charge is 0.219 e. The van der Waals surface area contributed by atoms with Crippen molar-refractivity contribution < 1.29 is 8.42 Å². The number of hydrogen-bond acceptors (Lipinski definition) is 3. The molecule has 24 heavy (non-hydrogen) atoms. The monoisotopic (exact) mass is 361 g/mol. The minimum atomic E-state index is -3.71. The fourth-order valence-corrected chi connectivity index (χ4v) is 4.41. The second-order valence-electron chi connectivity index (χ2n) is 6.36. The van der Waals surface area contributed by atoms with Gasteiger partial charge in [0.05, 0.1) is 21.4 Å². The number of nitriles is 1. The first-order chi connectivity index (χ1) is 11.2. The van der Waals surface area contributed by atoms with Gasteiger partial charge in [0.1, 0.15) is 0 Å². The van der Waals surface area contributed by atoms with Crippen LogP contribution in [0.2, 0.25) is 5.02 Å². The highest BCUT2D eigenvalue weighted by molar-refractivity contribution is 7.91. The van der Waals surface area contributed by atoms with Crippen LogP contribution >= 0.6 is 11.6 Å². The molecule has 0 atom stereocenters. The lowest BCUT2D eigenvalue weighted by Crippen LogP contribution is -2.05. The predicted molar refractivity (Wildman–Crippen MR) is 96.2 cm³/mol. The zero-order valence-corrected chi connectivity index (χ0v) is 15.7. The Morgan fingerprint density at radius 3 is 2.00 bits per heavy atom. The van der Waals surface area contributed by atoms with E-state index in [9.17, 15) is 13.7 Å². The fraction of sp³-hybridized carbons (Fsp3) is 0.316. The van der Waals surface area contributed by atoms with E-state index in [0.29, 0.717) is 22.1 Å². The van der Waals surface area contributed by atoms with E-state index >= 15 is 0 Å². The molecule has 0 radical (unpaired) electrons. The Morgan fingerprint density at radius 1 is 0.958 bits per heavy atom. The van der Waals surface area contributed by atoms with E-state index in [1.54, 1.807) is 12.1 Å². The van der Waals surface area contributed by atoms with Gasteiger partial charge in [0.15, 0.2) is 0 Å². The third kappa shape index (κ3) is 3.48. The van der Waals surface area contributed by atoms with Gasteiger partial charge >= 0.3 is 0 Å². The molecule has 2 aromatic carbocycles. The average molecular weight is 362 g/mol. The highest BCUT2D eigenvalue weighted by atomic mass is 35.5. The highest BCUT2D eigenvalue weighted by Gasteiger charge is 2.22. The molecule has 0 aliphatic heterocycles. The van der Waals surface area contributed by atoms with Crippen LogP contribution < -0.4 is 0 Å². The smallest absolute Gasteiger partial charge is 0.206 e. The first-order valence-corrected chi connectivity index (χ1v) is 9.63. The van der Waals surface area contributed by atoms with E-state index in [0.717, 1.165) is 5.56 Å². The molecule has 0 saturated carbocycles. The summed E-state index contributed by atoms with van der Waals surface area (Å²) in [4.78, 5) is 0.245. The zero-order chi connectivity index (χ0) is 18.1. The molecule has 2 aromatic rings. The van der Waals surface area contributed by atoms with Crippen molar-refractivity contribution in [2.75, 3.05) is 0 Å². The normalized spacial score (nSPS) is 11.8. The molecule has 0 heterocycles. The summed E-state index contributed by atoms with van der Waals surface area (Å²) in [5, 5.41) is 9.65. The molecule has 0 fully saturated rings. The lowest BCUT2D eigenvalue weighted by atomic mass is 9.98. The summed E-state index contributed by atoms with van der Waals surface area (Å²) in [6, 6.07) is 11.7. The molecule has 5 heteroatoms. The highest BCUT2D eigenvalue weighted by Crippen LogP contribution is 2.33. The number of sulfone groups is 1. The van der Waals surface area contributed by atoms with Crippen molar-refractivity contribution in [2.24, 2.45) is 0 Å². The van der Waals surface area contributed by atoms with E-state index in [-0.39, 0.29) is 15.7 Å². The van der Waals surface area contributed by atoms with Gasteiger partial charge in [-0.1, -0.05) is 51.4 Å². The summed E-state index contributed by atoms with van der Waals surface area (Å²) in [6.07, 6.45) is 0. The summed E-state index contributed by atoms with van der Waals surface area (Å²) in [6.45, 7) is 7.93. The van der Waals surface area contributed by atoms with Crippen LogP contribution in [0.3, 0.4) is 0 Å². The van der Waals surface area contributed by atoms with Gasteiger partial charge in [-0.05, 0) is 47.2 Å². The third-order valence-corrected chi connectivity index (χ3v) is 6.03. The fourth-order valence-electron chi connectivity index (χ4n) is 2.60. The van der Waals surface area contributed by atoms with Gasteiger partial charge in [-0.25, -0.2) is 8.42 Å². The van der Waals surface area contributed by atoms with E-state index in [4.69, 9.17) is 11.6 Å². The van der Waals surface area contributed by atoms with E-state index in [2.05, 4.69) is 6.07 Å². The molecule has 126 valence electrons. The molecule has 0 saturated heterocycles. The van der Waals surface area contributed by atoms with Crippen molar-refractivity contribution in [3.8, 4) is 6.07 Å². The molecule has 0 bridgehead atoms. The lowest BCUT2D eigenvalue weighted by molar-refractivity contribution is 0.596. The minimum Gasteiger partial charge on any atom is -0.219 e. The number of nitrogens with zero attached hydrogens (tertiary/aromatic N) is 1. The van der Waals surface area contributed by atoms with Crippen LogP contribution in [-0.2, 0) is 9.84 Å². The molecule has 0 aliphatic rings. The molecule has 0 aliphatic carbocycles. The number of halogens is 1. The second kappa shape index (κ2) is 6.96. The quantitative estimate of drug-likeness (QED) is 0.743. The maximum absolute atomic E-state index is 12.8. The SMILES string of the molecule is CC(C)c1ccc(S(=O)(=O)c2cc(Cl)c(C(C)C)c(C#N)c2)cc1. The molecular formula is C19H20ClNO2S. The Balaban J connectivity index is 2.58. The molecule has 2 rings (SSSR count). The molecule has 3 nitrogen and oxygen atoms in total.